The average Bonchev–Trinajstić information content (AvgIpc) is 3.58. The van der Waals surface area contributed by atoms with Crippen molar-refractivity contribution in [2.45, 2.75) is 38.0 Å². The van der Waals surface area contributed by atoms with E-state index in [-0.39, 0.29) is 0 Å². The Hall–Kier alpha value is -3.08. The fraction of sp³-hybridized carbons (Fsp3) is 0.323. The molecule has 0 bridgehead atoms. The Morgan fingerprint density at radius 1 is 0.889 bits per heavy atom. The lowest BCUT2D eigenvalue weighted by molar-refractivity contribution is 0.168. The van der Waals surface area contributed by atoms with Gasteiger partial charge in [-0.05, 0) is 110 Å². The van der Waals surface area contributed by atoms with Crippen molar-refractivity contribution in [3.63, 3.8) is 0 Å². The first-order chi connectivity index (χ1) is 17.7. The molecule has 36 heavy (non-hydrogen) atoms. The molecule has 1 aliphatic carbocycles. The number of hydrogen-bond donors (Lipinski definition) is 0. The van der Waals surface area contributed by atoms with Crippen LogP contribution in [-0.4, -0.2) is 36.1 Å². The highest BCUT2D eigenvalue weighted by molar-refractivity contribution is 6.30. The van der Waals surface area contributed by atoms with Crippen molar-refractivity contribution < 1.29 is 9.15 Å². The highest BCUT2D eigenvalue weighted by atomic mass is 35.5. The third-order valence-electron chi connectivity index (χ3n) is 7.58. The number of piperidine rings is 1. The van der Waals surface area contributed by atoms with E-state index in [9.17, 15) is 0 Å². The smallest absolute Gasteiger partial charge is 0.142 e. The van der Waals surface area contributed by atoms with Crippen LogP contribution in [0.4, 0.5) is 0 Å². The number of hydrogen-bond acceptors (Lipinski definition) is 4. The predicted octanol–water partition coefficient (Wildman–Crippen LogP) is 7.41. The van der Waals surface area contributed by atoms with Crippen LogP contribution in [0.2, 0.25) is 5.02 Å². The predicted molar refractivity (Wildman–Crippen MR) is 145 cm³/mol. The molecule has 4 nitrogen and oxygen atoms in total. The first kappa shape index (κ1) is 23.3. The van der Waals surface area contributed by atoms with E-state index in [1.165, 1.54) is 41.5 Å². The lowest BCUT2D eigenvalue weighted by atomic mass is 9.93. The monoisotopic (exact) mass is 498 g/mol. The zero-order chi connectivity index (χ0) is 24.3. The van der Waals surface area contributed by atoms with Crippen molar-refractivity contribution in [3.05, 3.63) is 95.0 Å². The Labute approximate surface area is 217 Å². The van der Waals surface area contributed by atoms with Gasteiger partial charge in [0.05, 0.1) is 0 Å². The number of likely N-dealkylation sites (tertiary alicyclic amines) is 1. The van der Waals surface area contributed by atoms with E-state index < -0.39 is 0 Å². The van der Waals surface area contributed by atoms with Crippen molar-refractivity contribution in [1.82, 2.24) is 9.88 Å². The summed E-state index contributed by atoms with van der Waals surface area (Å²) >= 11 is 5.96. The molecule has 4 aromatic rings. The normalized spacial score (nSPS) is 16.2. The number of furan rings is 1. The standard InChI is InChI=1S/C31H31ClN2O2/c32-27-6-8-28(9-7-27)35-19-18-34-16-12-24(13-17-34)30-21-29(23-10-14-33-15-11-23)31(36-30)26-5-4-22-2-1-3-25(22)20-26/h4-11,14-15,20-21,24H,1-3,12-13,16-19H2. The molecule has 0 amide bonds. The second-order valence-electron chi connectivity index (χ2n) is 9.88. The Balaban J connectivity index is 1.15. The Morgan fingerprint density at radius 2 is 1.67 bits per heavy atom. The molecule has 0 unspecified atom stereocenters. The fourth-order valence-electron chi connectivity index (χ4n) is 5.55. The van der Waals surface area contributed by atoms with E-state index in [4.69, 9.17) is 20.8 Å². The Bertz CT molecular complexity index is 1310. The Morgan fingerprint density at radius 3 is 2.47 bits per heavy atom. The van der Waals surface area contributed by atoms with Gasteiger partial charge < -0.3 is 9.15 Å². The average molecular weight is 499 g/mol. The SMILES string of the molecule is Clc1ccc(OCCN2CCC(c3cc(-c4ccncc4)c(-c4ccc5c(c4)CCC5)o3)CC2)cc1. The van der Waals surface area contributed by atoms with Gasteiger partial charge in [0, 0.05) is 41.0 Å². The molecule has 2 aliphatic rings. The molecule has 1 aliphatic heterocycles. The second kappa shape index (κ2) is 10.5. The highest BCUT2D eigenvalue weighted by Crippen LogP contribution is 2.41. The molecule has 6 rings (SSSR count). The van der Waals surface area contributed by atoms with E-state index >= 15 is 0 Å². The minimum Gasteiger partial charge on any atom is -0.492 e. The summed E-state index contributed by atoms with van der Waals surface area (Å²) in [6.45, 7) is 3.71. The molecule has 1 fully saturated rings. The third-order valence-corrected chi connectivity index (χ3v) is 7.83. The molecule has 184 valence electrons. The minimum absolute atomic E-state index is 0.433. The molecule has 0 spiro atoms. The number of pyridine rings is 1. The summed E-state index contributed by atoms with van der Waals surface area (Å²) in [6.07, 6.45) is 9.52. The summed E-state index contributed by atoms with van der Waals surface area (Å²) in [5.41, 5.74) is 6.48. The molecule has 3 heterocycles. The number of rotatable bonds is 7. The zero-order valence-electron chi connectivity index (χ0n) is 20.5. The van der Waals surface area contributed by atoms with Crippen LogP contribution in [0.1, 0.15) is 42.1 Å². The summed E-state index contributed by atoms with van der Waals surface area (Å²) in [4.78, 5) is 6.71. The van der Waals surface area contributed by atoms with Crippen molar-refractivity contribution in [2.75, 3.05) is 26.2 Å². The van der Waals surface area contributed by atoms with Crippen molar-refractivity contribution in [3.8, 4) is 28.2 Å². The number of fused-ring (bicyclic) bond motifs is 1. The molecular formula is C31H31ClN2O2. The molecule has 2 aromatic heterocycles. The summed E-state index contributed by atoms with van der Waals surface area (Å²) in [5, 5.41) is 0.730. The highest BCUT2D eigenvalue weighted by Gasteiger charge is 2.26. The van der Waals surface area contributed by atoms with Gasteiger partial charge in [-0.3, -0.25) is 9.88 Å². The van der Waals surface area contributed by atoms with Crippen LogP contribution in [0.15, 0.2) is 77.5 Å². The number of benzene rings is 2. The van der Waals surface area contributed by atoms with Crippen LogP contribution >= 0.6 is 11.6 Å². The summed E-state index contributed by atoms with van der Waals surface area (Å²) < 4.78 is 12.6. The van der Waals surface area contributed by atoms with Crippen LogP contribution in [0, 0.1) is 0 Å². The van der Waals surface area contributed by atoms with Crippen LogP contribution < -0.4 is 4.74 Å². The number of aryl methyl sites for hydroxylation is 2. The summed E-state index contributed by atoms with van der Waals surface area (Å²) in [7, 11) is 0. The van der Waals surface area contributed by atoms with E-state index in [0.29, 0.717) is 12.5 Å². The van der Waals surface area contributed by atoms with Crippen LogP contribution in [-0.2, 0) is 12.8 Å². The molecule has 0 atom stereocenters. The lowest BCUT2D eigenvalue weighted by Crippen LogP contribution is -2.35. The van der Waals surface area contributed by atoms with Gasteiger partial charge in [-0.2, -0.15) is 0 Å². The van der Waals surface area contributed by atoms with E-state index in [0.717, 1.165) is 60.3 Å². The first-order valence-electron chi connectivity index (χ1n) is 13.0. The van der Waals surface area contributed by atoms with Crippen molar-refractivity contribution >= 4 is 11.6 Å². The van der Waals surface area contributed by atoms with Gasteiger partial charge in [0.25, 0.3) is 0 Å². The largest absolute Gasteiger partial charge is 0.492 e. The van der Waals surface area contributed by atoms with Gasteiger partial charge in [0.2, 0.25) is 0 Å². The molecule has 1 saturated heterocycles. The van der Waals surface area contributed by atoms with Gasteiger partial charge in [-0.15, -0.1) is 0 Å². The molecule has 0 saturated carbocycles. The molecular weight excluding hydrogens is 468 g/mol. The molecule has 0 N–H and O–H groups in total. The van der Waals surface area contributed by atoms with Crippen molar-refractivity contribution in [2.24, 2.45) is 0 Å². The quantitative estimate of drug-likeness (QED) is 0.266. The number of halogens is 1. The van der Waals surface area contributed by atoms with Gasteiger partial charge in [0.15, 0.2) is 0 Å². The zero-order valence-corrected chi connectivity index (χ0v) is 21.2. The summed E-state index contributed by atoms with van der Waals surface area (Å²) in [6, 6.07) is 20.9. The van der Waals surface area contributed by atoms with Gasteiger partial charge >= 0.3 is 0 Å². The number of ether oxygens (including phenoxy) is 1. The minimum atomic E-state index is 0.433. The topological polar surface area (TPSA) is 38.5 Å². The second-order valence-corrected chi connectivity index (χ2v) is 10.3. The van der Waals surface area contributed by atoms with Gasteiger partial charge in [-0.25, -0.2) is 0 Å². The Kier molecular flexibility index (Phi) is 6.80. The molecule has 5 heteroatoms. The third kappa shape index (κ3) is 5.07. The van der Waals surface area contributed by atoms with E-state index in [1.807, 2.05) is 36.7 Å². The van der Waals surface area contributed by atoms with Crippen LogP contribution in [0.25, 0.3) is 22.5 Å². The van der Waals surface area contributed by atoms with Gasteiger partial charge in [0.1, 0.15) is 23.9 Å². The van der Waals surface area contributed by atoms with Crippen molar-refractivity contribution in [1.29, 1.82) is 0 Å². The van der Waals surface area contributed by atoms with Crippen LogP contribution in [0.5, 0.6) is 5.75 Å². The maximum atomic E-state index is 6.66. The lowest BCUT2D eigenvalue weighted by Gasteiger charge is -2.30. The first-order valence-corrected chi connectivity index (χ1v) is 13.4. The van der Waals surface area contributed by atoms with E-state index in [1.54, 1.807) is 0 Å². The van der Waals surface area contributed by atoms with E-state index in [2.05, 4.69) is 46.3 Å². The maximum absolute atomic E-state index is 6.66. The molecule has 2 aromatic carbocycles. The maximum Gasteiger partial charge on any atom is 0.142 e. The molecule has 0 radical (unpaired) electrons. The fourth-order valence-corrected chi connectivity index (χ4v) is 5.68. The number of nitrogens with zero attached hydrogens (tertiary/aromatic N) is 2. The number of aromatic nitrogens is 1. The summed E-state index contributed by atoms with van der Waals surface area (Å²) in [5.74, 6) is 3.40. The van der Waals surface area contributed by atoms with Crippen LogP contribution in [0.3, 0.4) is 0 Å². The van der Waals surface area contributed by atoms with Gasteiger partial charge in [-0.1, -0.05) is 23.7 Å².